The molecule has 0 heterocycles. The third-order valence-corrected chi connectivity index (χ3v) is 2.59. The number of rotatable bonds is 2. The number of hydrogen-bond acceptors (Lipinski definition) is 1. The lowest BCUT2D eigenvalue weighted by atomic mass is 9.93. The molecule has 0 amide bonds. The van der Waals surface area contributed by atoms with Crippen molar-refractivity contribution in [1.82, 2.24) is 0 Å². The van der Waals surface area contributed by atoms with E-state index in [1.54, 1.807) is 12.1 Å². The molecule has 2 rings (SSSR count). The summed E-state index contributed by atoms with van der Waals surface area (Å²) in [6.07, 6.45) is 0. The Labute approximate surface area is 90.0 Å². The third-order valence-electron chi connectivity index (χ3n) is 2.59. The molecule has 0 aliphatic heterocycles. The molecule has 0 aromatic heterocycles. The van der Waals surface area contributed by atoms with Gasteiger partial charge in [-0.15, -0.1) is 0 Å². The van der Waals surface area contributed by atoms with E-state index in [0.29, 0.717) is 11.7 Å². The van der Waals surface area contributed by atoms with Crippen molar-refractivity contribution in [1.29, 1.82) is 0 Å². The molecule has 15 heavy (non-hydrogen) atoms. The molecular formula is C14H13O. The molecular weight excluding hydrogens is 184 g/mol. The molecule has 1 unspecified atom stereocenters. The van der Waals surface area contributed by atoms with E-state index in [4.69, 9.17) is 0 Å². The van der Waals surface area contributed by atoms with Gasteiger partial charge in [-0.1, -0.05) is 43.3 Å². The van der Waals surface area contributed by atoms with Crippen molar-refractivity contribution in [3.05, 3.63) is 65.7 Å². The molecule has 0 aliphatic rings. The molecule has 1 atom stereocenters. The molecule has 0 aliphatic carbocycles. The molecule has 2 aromatic carbocycles. The van der Waals surface area contributed by atoms with Crippen LogP contribution in [0.5, 0.6) is 5.75 Å². The SMILES string of the molecule is CC(c1[c]cccc1)c1ccc(O)cc1. The summed E-state index contributed by atoms with van der Waals surface area (Å²) in [6, 6.07) is 18.5. The number of hydrogen-bond donors (Lipinski definition) is 1. The first-order valence-electron chi connectivity index (χ1n) is 5.03. The van der Waals surface area contributed by atoms with Crippen molar-refractivity contribution < 1.29 is 5.11 Å². The Morgan fingerprint density at radius 3 is 2.40 bits per heavy atom. The van der Waals surface area contributed by atoms with Gasteiger partial charge in [-0.25, -0.2) is 0 Å². The van der Waals surface area contributed by atoms with Crippen LogP contribution in [0.2, 0.25) is 0 Å². The minimum absolute atomic E-state index is 0.308. The van der Waals surface area contributed by atoms with Crippen molar-refractivity contribution in [2.24, 2.45) is 0 Å². The van der Waals surface area contributed by atoms with Gasteiger partial charge >= 0.3 is 0 Å². The van der Waals surface area contributed by atoms with E-state index in [1.165, 1.54) is 11.1 Å². The lowest BCUT2D eigenvalue weighted by Crippen LogP contribution is -1.95. The van der Waals surface area contributed by atoms with Crippen LogP contribution in [0.25, 0.3) is 0 Å². The first-order valence-corrected chi connectivity index (χ1v) is 5.03. The molecule has 0 spiro atoms. The topological polar surface area (TPSA) is 20.2 Å². The lowest BCUT2D eigenvalue weighted by Gasteiger charge is -2.11. The average molecular weight is 197 g/mol. The second-order valence-electron chi connectivity index (χ2n) is 3.63. The van der Waals surface area contributed by atoms with Crippen LogP contribution in [0.1, 0.15) is 24.0 Å². The van der Waals surface area contributed by atoms with Crippen LogP contribution in [-0.4, -0.2) is 5.11 Å². The minimum Gasteiger partial charge on any atom is -0.508 e. The fourth-order valence-corrected chi connectivity index (χ4v) is 1.62. The van der Waals surface area contributed by atoms with E-state index in [0.717, 1.165) is 0 Å². The van der Waals surface area contributed by atoms with E-state index in [9.17, 15) is 5.11 Å². The van der Waals surface area contributed by atoms with Crippen molar-refractivity contribution in [2.45, 2.75) is 12.8 Å². The van der Waals surface area contributed by atoms with Gasteiger partial charge in [0, 0.05) is 5.92 Å². The smallest absolute Gasteiger partial charge is 0.115 e. The number of phenols is 1. The Morgan fingerprint density at radius 2 is 1.80 bits per heavy atom. The Kier molecular flexibility index (Phi) is 2.72. The van der Waals surface area contributed by atoms with Gasteiger partial charge in [0.2, 0.25) is 0 Å². The van der Waals surface area contributed by atoms with Gasteiger partial charge in [-0.05, 0) is 29.3 Å². The van der Waals surface area contributed by atoms with Gasteiger partial charge in [0.05, 0.1) is 0 Å². The van der Waals surface area contributed by atoms with Crippen molar-refractivity contribution >= 4 is 0 Å². The molecule has 1 nitrogen and oxygen atoms in total. The predicted octanol–water partition coefficient (Wildman–Crippen LogP) is 3.34. The van der Waals surface area contributed by atoms with Gasteiger partial charge in [-0.2, -0.15) is 0 Å². The molecule has 1 radical (unpaired) electrons. The van der Waals surface area contributed by atoms with E-state index in [-0.39, 0.29) is 0 Å². The van der Waals surface area contributed by atoms with Gasteiger partial charge in [-0.3, -0.25) is 0 Å². The normalized spacial score (nSPS) is 12.3. The summed E-state index contributed by atoms with van der Waals surface area (Å²) in [5, 5.41) is 9.20. The average Bonchev–Trinajstić information content (AvgIpc) is 2.30. The van der Waals surface area contributed by atoms with Gasteiger partial charge in [0.15, 0.2) is 0 Å². The minimum atomic E-state index is 0.308. The van der Waals surface area contributed by atoms with E-state index >= 15 is 0 Å². The zero-order chi connectivity index (χ0) is 10.7. The van der Waals surface area contributed by atoms with Gasteiger partial charge < -0.3 is 5.11 Å². The van der Waals surface area contributed by atoms with Crippen LogP contribution in [-0.2, 0) is 0 Å². The highest BCUT2D eigenvalue weighted by atomic mass is 16.3. The third kappa shape index (κ3) is 2.18. The van der Waals surface area contributed by atoms with Crippen LogP contribution in [0, 0.1) is 6.07 Å². The standard InChI is InChI=1S/C14H13O/c1-11(12-5-3-2-4-6-12)13-7-9-14(15)10-8-13/h2-5,7-11,15H,1H3. The number of aromatic hydroxyl groups is 1. The Bertz CT molecular complexity index is 417. The summed E-state index contributed by atoms with van der Waals surface area (Å²) < 4.78 is 0. The zero-order valence-electron chi connectivity index (χ0n) is 8.64. The monoisotopic (exact) mass is 197 g/mol. The van der Waals surface area contributed by atoms with Crippen LogP contribution in [0.4, 0.5) is 0 Å². The number of benzene rings is 2. The van der Waals surface area contributed by atoms with E-state index < -0.39 is 0 Å². The van der Waals surface area contributed by atoms with E-state index in [1.807, 2.05) is 30.3 Å². The van der Waals surface area contributed by atoms with Gasteiger partial charge in [0.1, 0.15) is 5.75 Å². The highest BCUT2D eigenvalue weighted by Crippen LogP contribution is 2.24. The molecule has 0 saturated carbocycles. The summed E-state index contributed by atoms with van der Waals surface area (Å²) in [5.74, 6) is 0.620. The summed E-state index contributed by atoms with van der Waals surface area (Å²) in [5.41, 5.74) is 2.36. The summed E-state index contributed by atoms with van der Waals surface area (Å²) in [4.78, 5) is 0. The molecule has 1 heteroatoms. The summed E-state index contributed by atoms with van der Waals surface area (Å²) >= 11 is 0. The molecule has 0 fully saturated rings. The highest BCUT2D eigenvalue weighted by Gasteiger charge is 2.07. The van der Waals surface area contributed by atoms with Crippen LogP contribution < -0.4 is 0 Å². The molecule has 0 saturated heterocycles. The first kappa shape index (κ1) is 9.78. The quantitative estimate of drug-likeness (QED) is 0.782. The van der Waals surface area contributed by atoms with E-state index in [2.05, 4.69) is 19.1 Å². The fourth-order valence-electron chi connectivity index (χ4n) is 1.62. The van der Waals surface area contributed by atoms with Crippen LogP contribution in [0.3, 0.4) is 0 Å². The maximum Gasteiger partial charge on any atom is 0.115 e. The highest BCUT2D eigenvalue weighted by molar-refractivity contribution is 5.34. The Hall–Kier alpha value is -1.76. The maximum atomic E-state index is 9.20. The van der Waals surface area contributed by atoms with Crippen LogP contribution in [0.15, 0.2) is 48.5 Å². The predicted molar refractivity (Wildman–Crippen MR) is 60.9 cm³/mol. The summed E-state index contributed by atoms with van der Waals surface area (Å²) in [6.45, 7) is 2.14. The molecule has 1 N–H and O–H groups in total. The fraction of sp³-hybridized carbons (Fsp3) is 0.143. The second-order valence-corrected chi connectivity index (χ2v) is 3.63. The largest absolute Gasteiger partial charge is 0.508 e. The Balaban J connectivity index is 2.29. The van der Waals surface area contributed by atoms with Crippen molar-refractivity contribution in [3.8, 4) is 5.75 Å². The second kappa shape index (κ2) is 4.18. The maximum absolute atomic E-state index is 9.20. The molecule has 2 aromatic rings. The lowest BCUT2D eigenvalue weighted by molar-refractivity contribution is 0.475. The Morgan fingerprint density at radius 1 is 1.07 bits per heavy atom. The first-order chi connectivity index (χ1) is 7.27. The van der Waals surface area contributed by atoms with Crippen LogP contribution >= 0.6 is 0 Å². The zero-order valence-corrected chi connectivity index (χ0v) is 8.64. The van der Waals surface area contributed by atoms with Crippen molar-refractivity contribution in [2.75, 3.05) is 0 Å². The van der Waals surface area contributed by atoms with Gasteiger partial charge in [0.25, 0.3) is 0 Å². The molecule has 75 valence electrons. The molecule has 0 bridgehead atoms. The van der Waals surface area contributed by atoms with Crippen molar-refractivity contribution in [3.63, 3.8) is 0 Å². The summed E-state index contributed by atoms with van der Waals surface area (Å²) in [7, 11) is 0. The number of phenolic OH excluding ortho intramolecular Hbond substituents is 1.